The zero-order valence-corrected chi connectivity index (χ0v) is 10.6. The second-order valence-corrected chi connectivity index (χ2v) is 4.95. The smallest absolute Gasteiger partial charge is 0.310 e. The molecule has 2 bridgehead atoms. The molecule has 2 aliphatic rings. The summed E-state index contributed by atoms with van der Waals surface area (Å²) < 4.78 is 32.0. The lowest BCUT2D eigenvalue weighted by molar-refractivity contribution is -0.145. The molecule has 1 saturated heterocycles. The van der Waals surface area contributed by atoms with E-state index in [1.54, 1.807) is 12.2 Å². The lowest BCUT2D eigenvalue weighted by Gasteiger charge is -2.21. The van der Waals surface area contributed by atoms with Crippen LogP contribution < -0.4 is 5.32 Å². The number of hydrogen-bond acceptors (Lipinski definition) is 3. The van der Waals surface area contributed by atoms with Crippen LogP contribution in [0.3, 0.4) is 0 Å². The van der Waals surface area contributed by atoms with Gasteiger partial charge in [-0.1, -0.05) is 12.2 Å². The zero-order chi connectivity index (χ0) is 15.1. The maximum atomic E-state index is 13.5. The number of anilines is 1. The first-order valence-electron chi connectivity index (χ1n) is 6.30. The molecule has 5 nitrogen and oxygen atoms in total. The van der Waals surface area contributed by atoms with Crippen molar-refractivity contribution in [2.24, 2.45) is 11.8 Å². The number of carboxylic acid groups (broad SMARTS) is 1. The van der Waals surface area contributed by atoms with Gasteiger partial charge in [-0.25, -0.2) is 8.78 Å². The third-order valence-electron chi connectivity index (χ3n) is 3.67. The fourth-order valence-electron chi connectivity index (χ4n) is 2.72. The number of carbonyl (C=O) groups is 2. The molecule has 1 amide bonds. The molecule has 1 fully saturated rings. The summed E-state index contributed by atoms with van der Waals surface area (Å²) in [5, 5.41) is 11.4. The summed E-state index contributed by atoms with van der Waals surface area (Å²) in [6.07, 6.45) is 1.88. The topological polar surface area (TPSA) is 75.6 Å². The minimum Gasteiger partial charge on any atom is -0.481 e. The largest absolute Gasteiger partial charge is 0.481 e. The van der Waals surface area contributed by atoms with Crippen LogP contribution in [0.2, 0.25) is 0 Å². The highest BCUT2D eigenvalue weighted by molar-refractivity contribution is 5.96. The maximum absolute atomic E-state index is 13.5. The van der Waals surface area contributed by atoms with E-state index in [1.807, 2.05) is 0 Å². The number of benzene rings is 1. The van der Waals surface area contributed by atoms with Crippen molar-refractivity contribution in [3.8, 4) is 0 Å². The van der Waals surface area contributed by atoms with Crippen LogP contribution in [0, 0.1) is 23.5 Å². The number of fused-ring (bicyclic) bond motifs is 2. The number of hydrogen-bond donors (Lipinski definition) is 2. The Morgan fingerprint density at radius 3 is 2.48 bits per heavy atom. The number of rotatable bonds is 3. The number of nitrogens with one attached hydrogen (secondary N) is 1. The third kappa shape index (κ3) is 2.29. The molecule has 0 spiro atoms. The standard InChI is InChI=1S/C14H11F2NO4/c15-6-1-2-7(16)8(5-6)17-13(18)11-9-3-4-10(21-9)12(11)14(19)20/h1-5,9-12H,(H,17,18)(H,19,20)/t9-,10-,11-,12+/m1/s1. The van der Waals surface area contributed by atoms with Crippen molar-refractivity contribution in [3.05, 3.63) is 42.0 Å². The van der Waals surface area contributed by atoms with Gasteiger partial charge in [-0.05, 0) is 12.1 Å². The van der Waals surface area contributed by atoms with E-state index in [0.29, 0.717) is 0 Å². The molecule has 2 aliphatic heterocycles. The van der Waals surface area contributed by atoms with Gasteiger partial charge in [0.25, 0.3) is 0 Å². The first-order valence-corrected chi connectivity index (χ1v) is 6.30. The summed E-state index contributed by atoms with van der Waals surface area (Å²) in [7, 11) is 0. The zero-order valence-electron chi connectivity index (χ0n) is 10.6. The van der Waals surface area contributed by atoms with Crippen molar-refractivity contribution in [2.75, 3.05) is 5.32 Å². The van der Waals surface area contributed by atoms with Gasteiger partial charge in [-0.3, -0.25) is 9.59 Å². The Kier molecular flexibility index (Phi) is 3.21. The van der Waals surface area contributed by atoms with E-state index in [-0.39, 0.29) is 5.69 Å². The molecule has 0 aromatic heterocycles. The van der Waals surface area contributed by atoms with Crippen LogP contribution in [0.25, 0.3) is 0 Å². The second-order valence-electron chi connectivity index (χ2n) is 4.95. The molecule has 1 aromatic carbocycles. The van der Waals surface area contributed by atoms with Gasteiger partial charge < -0.3 is 15.2 Å². The van der Waals surface area contributed by atoms with E-state index in [4.69, 9.17) is 4.74 Å². The summed E-state index contributed by atoms with van der Waals surface area (Å²) in [5.74, 6) is -5.37. The predicted molar refractivity (Wildman–Crippen MR) is 67.4 cm³/mol. The van der Waals surface area contributed by atoms with Gasteiger partial charge in [-0.15, -0.1) is 0 Å². The Morgan fingerprint density at radius 2 is 1.81 bits per heavy atom. The minimum atomic E-state index is -1.16. The van der Waals surface area contributed by atoms with Gasteiger partial charge in [0.1, 0.15) is 17.6 Å². The highest BCUT2D eigenvalue weighted by Crippen LogP contribution is 2.40. The lowest BCUT2D eigenvalue weighted by atomic mass is 9.82. The molecule has 7 heteroatoms. The van der Waals surface area contributed by atoms with E-state index >= 15 is 0 Å². The molecule has 0 unspecified atom stereocenters. The van der Waals surface area contributed by atoms with Gasteiger partial charge in [0.05, 0.1) is 23.8 Å². The molecule has 0 saturated carbocycles. The van der Waals surface area contributed by atoms with Crippen molar-refractivity contribution in [3.63, 3.8) is 0 Å². The van der Waals surface area contributed by atoms with E-state index in [2.05, 4.69) is 5.32 Å². The quantitative estimate of drug-likeness (QED) is 0.830. The number of ether oxygens (including phenoxy) is 1. The predicted octanol–water partition coefficient (Wildman–Crippen LogP) is 1.56. The Balaban J connectivity index is 1.83. The number of carboxylic acids is 1. The van der Waals surface area contributed by atoms with Gasteiger partial charge in [0.15, 0.2) is 0 Å². The van der Waals surface area contributed by atoms with Crippen molar-refractivity contribution in [1.82, 2.24) is 0 Å². The maximum Gasteiger partial charge on any atom is 0.310 e. The molecule has 110 valence electrons. The summed E-state index contributed by atoms with van der Waals surface area (Å²) in [4.78, 5) is 23.5. The number of halogens is 2. The van der Waals surface area contributed by atoms with E-state index < -0.39 is 47.6 Å². The Bertz CT molecular complexity index is 646. The SMILES string of the molecule is O=C(O)[C@@H]1[C@H](C(=O)Nc2cc(F)ccc2F)[C@H]2C=C[C@H]1O2. The molecule has 3 rings (SSSR count). The summed E-state index contributed by atoms with van der Waals surface area (Å²) in [6, 6.07) is 2.65. The van der Waals surface area contributed by atoms with Crippen molar-refractivity contribution in [2.45, 2.75) is 12.2 Å². The molecule has 2 heterocycles. The van der Waals surface area contributed by atoms with Crippen molar-refractivity contribution < 1.29 is 28.2 Å². The molecule has 1 aromatic rings. The van der Waals surface area contributed by atoms with E-state index in [0.717, 1.165) is 18.2 Å². The van der Waals surface area contributed by atoms with Crippen LogP contribution in [0.1, 0.15) is 0 Å². The third-order valence-corrected chi connectivity index (χ3v) is 3.67. The number of amides is 1. The average Bonchev–Trinajstić information content (AvgIpc) is 3.03. The molecule has 4 atom stereocenters. The molecule has 2 N–H and O–H groups in total. The van der Waals surface area contributed by atoms with Gasteiger partial charge in [0.2, 0.25) is 5.91 Å². The Morgan fingerprint density at radius 1 is 1.14 bits per heavy atom. The molecule has 21 heavy (non-hydrogen) atoms. The normalized spacial score (nSPS) is 29.6. The fraction of sp³-hybridized carbons (Fsp3) is 0.286. The van der Waals surface area contributed by atoms with E-state index in [9.17, 15) is 23.5 Å². The average molecular weight is 295 g/mol. The fourth-order valence-corrected chi connectivity index (χ4v) is 2.72. The van der Waals surface area contributed by atoms with Crippen LogP contribution in [0.5, 0.6) is 0 Å². The van der Waals surface area contributed by atoms with Gasteiger partial charge >= 0.3 is 5.97 Å². The first-order chi connectivity index (χ1) is 9.97. The monoisotopic (exact) mass is 295 g/mol. The minimum absolute atomic E-state index is 0.323. The van der Waals surface area contributed by atoms with Crippen molar-refractivity contribution >= 4 is 17.6 Å². The highest BCUT2D eigenvalue weighted by atomic mass is 19.1. The lowest BCUT2D eigenvalue weighted by Crippen LogP contribution is -2.39. The first kappa shape index (κ1) is 13.7. The Hall–Kier alpha value is -2.28. The molecular weight excluding hydrogens is 284 g/mol. The summed E-state index contributed by atoms with van der Waals surface area (Å²) in [6.45, 7) is 0. The number of carbonyl (C=O) groups excluding carboxylic acids is 1. The summed E-state index contributed by atoms with van der Waals surface area (Å²) in [5.41, 5.74) is -0.323. The summed E-state index contributed by atoms with van der Waals surface area (Å²) >= 11 is 0. The van der Waals surface area contributed by atoms with Crippen LogP contribution in [-0.4, -0.2) is 29.2 Å². The molecule has 0 aliphatic carbocycles. The number of aliphatic carboxylic acids is 1. The van der Waals surface area contributed by atoms with Gasteiger partial charge in [-0.2, -0.15) is 0 Å². The molecule has 0 radical (unpaired) electrons. The molecular formula is C14H11F2NO4. The van der Waals surface area contributed by atoms with Crippen molar-refractivity contribution in [1.29, 1.82) is 0 Å². The highest BCUT2D eigenvalue weighted by Gasteiger charge is 2.53. The van der Waals surface area contributed by atoms with Crippen LogP contribution in [-0.2, 0) is 14.3 Å². The van der Waals surface area contributed by atoms with Gasteiger partial charge in [0, 0.05) is 6.07 Å². The van der Waals surface area contributed by atoms with Crippen LogP contribution in [0.15, 0.2) is 30.4 Å². The second kappa shape index (κ2) is 4.92. The van der Waals surface area contributed by atoms with Crippen LogP contribution >= 0.6 is 0 Å². The Labute approximate surface area is 118 Å². The van der Waals surface area contributed by atoms with Crippen LogP contribution in [0.4, 0.5) is 14.5 Å². The van der Waals surface area contributed by atoms with E-state index in [1.165, 1.54) is 0 Å².